The molecule has 154 valence electrons. The van der Waals surface area contributed by atoms with Crippen LogP contribution < -0.4 is 9.64 Å². The number of thioether (sulfide) groups is 1. The molecule has 0 bridgehead atoms. The van der Waals surface area contributed by atoms with Crippen LogP contribution in [0.1, 0.15) is 18.3 Å². The number of hydrogen-bond acceptors (Lipinski definition) is 8. The van der Waals surface area contributed by atoms with Crippen LogP contribution in [0, 0.1) is 0 Å². The van der Waals surface area contributed by atoms with Crippen molar-refractivity contribution in [2.75, 3.05) is 38.3 Å². The maximum atomic E-state index is 10.0. The molecule has 3 aromatic rings. The summed E-state index contributed by atoms with van der Waals surface area (Å²) in [5, 5.41) is 10.7. The number of methoxy groups -OCH3 is 1. The van der Waals surface area contributed by atoms with Crippen molar-refractivity contribution < 1.29 is 14.6 Å². The highest BCUT2D eigenvalue weighted by Crippen LogP contribution is 2.31. The summed E-state index contributed by atoms with van der Waals surface area (Å²) in [5.74, 6) is 3.10. The average Bonchev–Trinajstić information content (AvgIpc) is 3.08. The lowest BCUT2D eigenvalue weighted by molar-refractivity contribution is 0.122. The van der Waals surface area contributed by atoms with Crippen LogP contribution >= 0.6 is 11.8 Å². The minimum Gasteiger partial charge on any atom is -0.504 e. The van der Waals surface area contributed by atoms with Gasteiger partial charge in [0.2, 0.25) is 0 Å². The highest BCUT2D eigenvalue weighted by atomic mass is 32.2. The van der Waals surface area contributed by atoms with E-state index < -0.39 is 0 Å². The van der Waals surface area contributed by atoms with Crippen molar-refractivity contribution in [2.24, 2.45) is 7.05 Å². The molecule has 1 aromatic carbocycles. The summed E-state index contributed by atoms with van der Waals surface area (Å²) in [4.78, 5) is 16.6. The molecule has 1 aliphatic heterocycles. The molecule has 0 saturated carbocycles. The molecule has 2 aromatic heterocycles. The summed E-state index contributed by atoms with van der Waals surface area (Å²) in [6.45, 7) is 5.05. The molecule has 29 heavy (non-hydrogen) atoms. The van der Waals surface area contributed by atoms with Gasteiger partial charge in [-0.15, -0.1) is 0 Å². The van der Waals surface area contributed by atoms with E-state index in [1.807, 2.05) is 17.7 Å². The molecule has 0 spiro atoms. The van der Waals surface area contributed by atoms with Gasteiger partial charge in [-0.2, -0.15) is 0 Å². The van der Waals surface area contributed by atoms with Crippen LogP contribution in [0.2, 0.25) is 0 Å². The summed E-state index contributed by atoms with van der Waals surface area (Å²) >= 11 is 1.54. The van der Waals surface area contributed by atoms with Gasteiger partial charge in [0.15, 0.2) is 33.6 Å². The number of benzene rings is 1. The average molecular weight is 416 g/mol. The Morgan fingerprint density at radius 1 is 1.21 bits per heavy atom. The van der Waals surface area contributed by atoms with E-state index in [1.54, 1.807) is 23.9 Å². The van der Waals surface area contributed by atoms with Gasteiger partial charge in [-0.05, 0) is 17.7 Å². The van der Waals surface area contributed by atoms with Crippen LogP contribution in [0.5, 0.6) is 11.5 Å². The van der Waals surface area contributed by atoms with Gasteiger partial charge < -0.3 is 24.0 Å². The SMILES string of the molecule is CCc1nc2c(N3CCOCC3)nc(SCc3ccc(OC)c(O)c3)nc2n1C. The van der Waals surface area contributed by atoms with Crippen LogP contribution in [0.4, 0.5) is 5.82 Å². The molecule has 0 radical (unpaired) electrons. The zero-order valence-corrected chi connectivity index (χ0v) is 17.7. The largest absolute Gasteiger partial charge is 0.504 e. The topological polar surface area (TPSA) is 85.5 Å². The number of fused-ring (bicyclic) bond motifs is 1. The van der Waals surface area contributed by atoms with E-state index in [0.717, 1.165) is 47.9 Å². The van der Waals surface area contributed by atoms with Crippen molar-refractivity contribution in [1.82, 2.24) is 19.5 Å². The number of aromatic hydroxyl groups is 1. The third-order valence-corrected chi connectivity index (χ3v) is 5.93. The second-order valence-corrected chi connectivity index (χ2v) is 7.78. The van der Waals surface area contributed by atoms with Crippen LogP contribution in [-0.4, -0.2) is 58.0 Å². The van der Waals surface area contributed by atoms with Gasteiger partial charge in [0.05, 0.1) is 20.3 Å². The lowest BCUT2D eigenvalue weighted by Crippen LogP contribution is -2.37. The lowest BCUT2D eigenvalue weighted by Gasteiger charge is -2.28. The number of nitrogens with zero attached hydrogens (tertiary/aromatic N) is 5. The number of hydrogen-bond donors (Lipinski definition) is 1. The van der Waals surface area contributed by atoms with Crippen molar-refractivity contribution in [3.05, 3.63) is 29.6 Å². The third kappa shape index (κ3) is 3.97. The Hall–Kier alpha value is -2.52. The van der Waals surface area contributed by atoms with Gasteiger partial charge in [0.1, 0.15) is 5.82 Å². The Morgan fingerprint density at radius 3 is 2.69 bits per heavy atom. The minimum atomic E-state index is 0.134. The highest BCUT2D eigenvalue weighted by molar-refractivity contribution is 7.98. The Morgan fingerprint density at radius 2 is 2.00 bits per heavy atom. The van der Waals surface area contributed by atoms with E-state index in [-0.39, 0.29) is 5.75 Å². The zero-order chi connectivity index (χ0) is 20.4. The molecule has 4 rings (SSSR count). The minimum absolute atomic E-state index is 0.134. The maximum absolute atomic E-state index is 10.0. The number of morpholine rings is 1. The van der Waals surface area contributed by atoms with Gasteiger partial charge in [-0.25, -0.2) is 15.0 Å². The molecule has 1 N–H and O–H groups in total. The van der Waals surface area contributed by atoms with Crippen LogP contribution in [-0.2, 0) is 24.0 Å². The predicted molar refractivity (Wildman–Crippen MR) is 113 cm³/mol. The molecule has 8 nitrogen and oxygen atoms in total. The normalized spacial score (nSPS) is 14.5. The fourth-order valence-electron chi connectivity index (χ4n) is 3.42. The van der Waals surface area contributed by atoms with E-state index in [1.165, 1.54) is 7.11 Å². The van der Waals surface area contributed by atoms with Crippen LogP contribution in [0.3, 0.4) is 0 Å². The molecule has 1 aliphatic rings. The number of aryl methyl sites for hydroxylation is 2. The van der Waals surface area contributed by atoms with Gasteiger partial charge in [-0.1, -0.05) is 24.8 Å². The fraction of sp³-hybridized carbons (Fsp3) is 0.450. The lowest BCUT2D eigenvalue weighted by atomic mass is 10.2. The Kier molecular flexibility index (Phi) is 5.77. The predicted octanol–water partition coefficient (Wildman–Crippen LogP) is 2.77. The number of phenols is 1. The van der Waals surface area contributed by atoms with E-state index >= 15 is 0 Å². The molecular weight excluding hydrogens is 390 g/mol. The van der Waals surface area contributed by atoms with Gasteiger partial charge in [0, 0.05) is 32.3 Å². The summed E-state index contributed by atoms with van der Waals surface area (Å²) in [7, 11) is 3.54. The second kappa shape index (κ2) is 8.46. The zero-order valence-electron chi connectivity index (χ0n) is 16.9. The number of ether oxygens (including phenoxy) is 2. The molecule has 0 amide bonds. The molecule has 1 fully saturated rings. The van der Waals surface area contributed by atoms with Gasteiger partial charge in [0.25, 0.3) is 0 Å². The summed E-state index contributed by atoms with van der Waals surface area (Å²) in [5.41, 5.74) is 2.67. The molecule has 0 atom stereocenters. The fourth-order valence-corrected chi connectivity index (χ4v) is 4.20. The van der Waals surface area contributed by atoms with E-state index in [0.29, 0.717) is 29.9 Å². The van der Waals surface area contributed by atoms with Crippen molar-refractivity contribution in [3.63, 3.8) is 0 Å². The molecule has 1 saturated heterocycles. The van der Waals surface area contributed by atoms with Gasteiger partial charge in [-0.3, -0.25) is 0 Å². The van der Waals surface area contributed by atoms with Crippen molar-refractivity contribution in [3.8, 4) is 11.5 Å². The number of anilines is 1. The molecule has 0 unspecified atom stereocenters. The first kappa shape index (κ1) is 19.8. The van der Waals surface area contributed by atoms with E-state index in [9.17, 15) is 5.11 Å². The monoisotopic (exact) mass is 415 g/mol. The second-order valence-electron chi connectivity index (χ2n) is 6.84. The Bertz CT molecular complexity index is 1020. The van der Waals surface area contributed by atoms with Gasteiger partial charge >= 0.3 is 0 Å². The molecule has 9 heteroatoms. The molecule has 3 heterocycles. The third-order valence-electron chi connectivity index (χ3n) is 5.01. The Balaban J connectivity index is 1.66. The smallest absolute Gasteiger partial charge is 0.191 e. The van der Waals surface area contributed by atoms with E-state index in [4.69, 9.17) is 24.4 Å². The highest BCUT2D eigenvalue weighted by Gasteiger charge is 2.21. The quantitative estimate of drug-likeness (QED) is 0.486. The van der Waals surface area contributed by atoms with Crippen molar-refractivity contribution >= 4 is 28.7 Å². The first-order valence-electron chi connectivity index (χ1n) is 9.65. The summed E-state index contributed by atoms with van der Waals surface area (Å²) in [6, 6.07) is 5.42. The van der Waals surface area contributed by atoms with Crippen LogP contribution in [0.25, 0.3) is 11.2 Å². The summed E-state index contributed by atoms with van der Waals surface area (Å²) in [6.07, 6.45) is 0.836. The molecule has 0 aliphatic carbocycles. The van der Waals surface area contributed by atoms with Crippen LogP contribution in [0.15, 0.2) is 23.4 Å². The first-order valence-corrected chi connectivity index (χ1v) is 10.6. The molecular formula is C20H25N5O3S. The number of imidazole rings is 1. The van der Waals surface area contributed by atoms with Crippen molar-refractivity contribution in [1.29, 1.82) is 0 Å². The Labute approximate surface area is 173 Å². The van der Waals surface area contributed by atoms with E-state index in [2.05, 4.69) is 11.8 Å². The summed E-state index contributed by atoms with van der Waals surface area (Å²) < 4.78 is 12.7. The number of rotatable bonds is 6. The number of aromatic nitrogens is 4. The maximum Gasteiger partial charge on any atom is 0.191 e. The van der Waals surface area contributed by atoms with Crippen molar-refractivity contribution in [2.45, 2.75) is 24.3 Å². The number of phenolic OH excluding ortho intramolecular Hbond substituents is 1. The standard InChI is InChI=1S/C20H25N5O3S/c1-4-16-21-17-18(24(16)2)22-20(23-19(17)25-7-9-28-10-8-25)29-12-13-5-6-15(27-3)14(26)11-13/h5-6,11,26H,4,7-10,12H2,1-3H3. The first-order chi connectivity index (χ1) is 14.1.